The van der Waals surface area contributed by atoms with Crippen LogP contribution < -0.4 is 10.8 Å². The second kappa shape index (κ2) is 1.35. The molecule has 0 bridgehead atoms. The Kier molecular flexibility index (Phi) is 0.834. The zero-order chi connectivity index (χ0) is 3.54. The largest absolute Gasteiger partial charge is 0.277 e. The van der Waals surface area contributed by atoms with Crippen molar-refractivity contribution in [2.75, 3.05) is 6.67 Å². The van der Waals surface area contributed by atoms with Crippen molar-refractivity contribution < 1.29 is 4.84 Å². The van der Waals surface area contributed by atoms with Crippen molar-refractivity contribution in [1.29, 1.82) is 0 Å². The molecule has 0 atom stereocenters. The Hall–Kier alpha value is -0.120. The van der Waals surface area contributed by atoms with Gasteiger partial charge in [-0.25, -0.2) is 0 Å². The van der Waals surface area contributed by atoms with Crippen molar-refractivity contribution in [3.05, 3.63) is 6.73 Å². The van der Waals surface area contributed by atoms with Crippen molar-refractivity contribution in [2.24, 2.45) is 0 Å². The zero-order valence-corrected chi connectivity index (χ0v) is 2.69. The molecule has 1 rings (SSSR count). The molecule has 0 amide bonds. The van der Waals surface area contributed by atoms with Crippen LogP contribution in [0.4, 0.5) is 0 Å². The van der Waals surface area contributed by atoms with E-state index in [-0.39, 0.29) is 0 Å². The molecule has 1 aliphatic heterocycles. The topological polar surface area (TPSA) is 33.3 Å². The van der Waals surface area contributed by atoms with Crippen LogP contribution in [0.5, 0.6) is 0 Å². The van der Waals surface area contributed by atoms with E-state index in [0.717, 1.165) is 6.67 Å². The highest BCUT2D eigenvalue weighted by Crippen LogP contribution is 1.73. The molecule has 1 heterocycles. The van der Waals surface area contributed by atoms with E-state index in [2.05, 4.69) is 15.6 Å². The predicted octanol–water partition coefficient (Wildman–Crippen LogP) is -0.812. The van der Waals surface area contributed by atoms with Crippen molar-refractivity contribution >= 4 is 0 Å². The Morgan fingerprint density at radius 3 is 3.00 bits per heavy atom. The Balaban J connectivity index is 2.08. The third kappa shape index (κ3) is 0.576. The van der Waals surface area contributed by atoms with E-state index >= 15 is 0 Å². The highest BCUT2D eigenvalue weighted by atomic mass is 16.7. The summed E-state index contributed by atoms with van der Waals surface area (Å²) >= 11 is 0. The van der Waals surface area contributed by atoms with E-state index in [1.807, 2.05) is 0 Å². The van der Waals surface area contributed by atoms with Gasteiger partial charge in [0.05, 0.1) is 6.67 Å². The standard InChI is InChI=1S/C2H5N2O/c1-3-2-5-4-1/h2-4H,1H2. The van der Waals surface area contributed by atoms with E-state index in [9.17, 15) is 0 Å². The Morgan fingerprint density at radius 1 is 1.80 bits per heavy atom. The van der Waals surface area contributed by atoms with E-state index in [0.29, 0.717) is 0 Å². The third-order valence-electron chi connectivity index (χ3n) is 0.400. The minimum absolute atomic E-state index is 0.722. The fourth-order valence-electron chi connectivity index (χ4n) is 0.208. The van der Waals surface area contributed by atoms with Crippen molar-refractivity contribution in [3.63, 3.8) is 0 Å². The van der Waals surface area contributed by atoms with E-state index < -0.39 is 0 Å². The number of hydroxylamine groups is 1. The molecule has 0 aromatic rings. The van der Waals surface area contributed by atoms with Crippen molar-refractivity contribution in [1.82, 2.24) is 10.8 Å². The summed E-state index contributed by atoms with van der Waals surface area (Å²) in [5.74, 6) is 0. The normalized spacial score (nSPS) is 24.0. The second-order valence-electron chi connectivity index (χ2n) is 0.761. The van der Waals surface area contributed by atoms with Crippen LogP contribution in [0.1, 0.15) is 0 Å². The molecule has 1 fully saturated rings. The van der Waals surface area contributed by atoms with Crippen LogP contribution in [0.25, 0.3) is 0 Å². The fraction of sp³-hybridized carbons (Fsp3) is 0.500. The van der Waals surface area contributed by atoms with Gasteiger partial charge in [-0.1, -0.05) is 0 Å². The molecule has 0 aliphatic carbocycles. The van der Waals surface area contributed by atoms with Crippen LogP contribution in [-0.2, 0) is 4.84 Å². The first-order chi connectivity index (χ1) is 2.50. The number of hydrogen-bond acceptors (Lipinski definition) is 3. The molecule has 0 aromatic carbocycles. The maximum atomic E-state index is 4.46. The summed E-state index contributed by atoms with van der Waals surface area (Å²) in [5, 5.41) is 2.76. The lowest BCUT2D eigenvalue weighted by Gasteiger charge is -1.76. The molecular weight excluding hydrogens is 68.0 g/mol. The van der Waals surface area contributed by atoms with E-state index in [1.54, 1.807) is 0 Å². The SMILES string of the molecule is [CH]1NCNO1. The summed E-state index contributed by atoms with van der Waals surface area (Å²) < 4.78 is 0. The molecule has 0 spiro atoms. The van der Waals surface area contributed by atoms with Crippen LogP contribution >= 0.6 is 0 Å². The average Bonchev–Trinajstić information content (AvgIpc) is 1.76. The first kappa shape index (κ1) is 3.08. The van der Waals surface area contributed by atoms with Gasteiger partial charge in [0, 0.05) is 0 Å². The summed E-state index contributed by atoms with van der Waals surface area (Å²) in [6.07, 6.45) is 0. The molecule has 0 saturated carbocycles. The molecule has 1 aliphatic rings. The molecule has 1 radical (unpaired) electrons. The first-order valence-corrected chi connectivity index (χ1v) is 1.44. The van der Waals surface area contributed by atoms with E-state index in [4.69, 9.17) is 0 Å². The first-order valence-electron chi connectivity index (χ1n) is 1.44. The number of nitrogens with one attached hydrogen (secondary N) is 2. The lowest BCUT2D eigenvalue weighted by atomic mass is 11.1. The summed E-state index contributed by atoms with van der Waals surface area (Å²) in [6.45, 7) is 2.22. The predicted molar refractivity (Wildman–Crippen MR) is 16.5 cm³/mol. The van der Waals surface area contributed by atoms with Crippen LogP contribution in [0.2, 0.25) is 0 Å². The Morgan fingerprint density at radius 2 is 2.80 bits per heavy atom. The van der Waals surface area contributed by atoms with Crippen LogP contribution in [-0.4, -0.2) is 6.67 Å². The summed E-state index contributed by atoms with van der Waals surface area (Å²) in [5.41, 5.74) is 2.56. The van der Waals surface area contributed by atoms with Crippen LogP contribution in [0, 0.1) is 6.73 Å². The summed E-state index contributed by atoms with van der Waals surface area (Å²) in [6, 6.07) is 0. The van der Waals surface area contributed by atoms with Crippen LogP contribution in [0.3, 0.4) is 0 Å². The van der Waals surface area contributed by atoms with Gasteiger partial charge in [-0.2, -0.15) is 5.48 Å². The molecule has 1 saturated heterocycles. The monoisotopic (exact) mass is 73.0 g/mol. The van der Waals surface area contributed by atoms with Gasteiger partial charge in [-0.15, -0.1) is 0 Å². The lowest BCUT2D eigenvalue weighted by Crippen LogP contribution is -2.09. The maximum Gasteiger partial charge on any atom is 0.172 e. The van der Waals surface area contributed by atoms with Crippen molar-refractivity contribution in [3.8, 4) is 0 Å². The minimum Gasteiger partial charge on any atom is -0.277 e. The molecular formula is C2H5N2O. The van der Waals surface area contributed by atoms with E-state index in [1.165, 1.54) is 6.73 Å². The zero-order valence-electron chi connectivity index (χ0n) is 2.69. The maximum absolute atomic E-state index is 4.46. The van der Waals surface area contributed by atoms with Gasteiger partial charge in [0.2, 0.25) is 0 Å². The van der Waals surface area contributed by atoms with Crippen LogP contribution in [0.15, 0.2) is 0 Å². The van der Waals surface area contributed by atoms with Gasteiger partial charge in [0.1, 0.15) is 0 Å². The number of rotatable bonds is 0. The molecule has 2 N–H and O–H groups in total. The summed E-state index contributed by atoms with van der Waals surface area (Å²) in [7, 11) is 0. The van der Waals surface area contributed by atoms with Crippen molar-refractivity contribution in [2.45, 2.75) is 0 Å². The van der Waals surface area contributed by atoms with Gasteiger partial charge >= 0.3 is 0 Å². The molecule has 0 aromatic heterocycles. The van der Waals surface area contributed by atoms with Gasteiger partial charge in [-0.3, -0.25) is 10.2 Å². The average molecular weight is 73.1 g/mol. The van der Waals surface area contributed by atoms with Gasteiger partial charge in [0.15, 0.2) is 6.73 Å². The molecule has 3 nitrogen and oxygen atoms in total. The highest BCUT2D eigenvalue weighted by Gasteiger charge is 1.91. The molecule has 3 heteroatoms. The van der Waals surface area contributed by atoms with Gasteiger partial charge < -0.3 is 0 Å². The molecule has 0 unspecified atom stereocenters. The Bertz CT molecular complexity index is 19.2. The smallest absolute Gasteiger partial charge is 0.172 e. The third-order valence-corrected chi connectivity index (χ3v) is 0.400. The van der Waals surface area contributed by atoms with Gasteiger partial charge in [0.25, 0.3) is 0 Å². The Labute approximate surface area is 30.3 Å². The minimum atomic E-state index is 0.722. The number of hydrogen-bond donors (Lipinski definition) is 2. The summed E-state index contributed by atoms with van der Waals surface area (Å²) in [4.78, 5) is 4.46. The molecule has 5 heavy (non-hydrogen) atoms. The second-order valence-corrected chi connectivity index (χ2v) is 0.761. The highest BCUT2D eigenvalue weighted by molar-refractivity contribution is 4.46. The lowest BCUT2D eigenvalue weighted by molar-refractivity contribution is 0.147. The molecule has 29 valence electrons. The quantitative estimate of drug-likeness (QED) is 0.393. The van der Waals surface area contributed by atoms with Gasteiger partial charge in [-0.05, 0) is 0 Å². The fourth-order valence-corrected chi connectivity index (χ4v) is 0.208.